The van der Waals surface area contributed by atoms with Crippen molar-refractivity contribution < 1.29 is 9.53 Å². The summed E-state index contributed by atoms with van der Waals surface area (Å²) in [5.74, 6) is 1.81. The second-order valence-corrected chi connectivity index (χ2v) is 7.77. The molecular weight excluding hydrogens is 388 g/mol. The molecule has 1 fully saturated rings. The number of aromatic nitrogens is 2. The van der Waals surface area contributed by atoms with Crippen LogP contribution in [0, 0.1) is 5.92 Å². The molecule has 0 aliphatic carbocycles. The maximum atomic E-state index is 12.8. The monoisotopic (exact) mass is 416 g/mol. The first kappa shape index (κ1) is 20.8. The highest BCUT2D eigenvalue weighted by atomic mass is 16.5. The zero-order chi connectivity index (χ0) is 21.6. The van der Waals surface area contributed by atoms with Crippen LogP contribution < -0.4 is 15.0 Å². The van der Waals surface area contributed by atoms with Gasteiger partial charge in [-0.15, -0.1) is 10.2 Å². The van der Waals surface area contributed by atoms with Gasteiger partial charge in [-0.2, -0.15) is 0 Å². The lowest BCUT2D eigenvalue weighted by Gasteiger charge is -2.32. The zero-order valence-electron chi connectivity index (χ0n) is 18.0. The molecule has 1 aromatic heterocycles. The average molecular weight is 417 g/mol. The molecule has 31 heavy (non-hydrogen) atoms. The van der Waals surface area contributed by atoms with Crippen LogP contribution in [-0.2, 0) is 11.2 Å². The predicted molar refractivity (Wildman–Crippen MR) is 123 cm³/mol. The van der Waals surface area contributed by atoms with Gasteiger partial charge in [-0.25, -0.2) is 0 Å². The largest absolute Gasteiger partial charge is 0.497 e. The Hall–Kier alpha value is -3.41. The third-order valence-corrected chi connectivity index (χ3v) is 5.88. The van der Waals surface area contributed by atoms with E-state index in [1.54, 1.807) is 7.11 Å². The van der Waals surface area contributed by atoms with Gasteiger partial charge in [0, 0.05) is 30.3 Å². The molecule has 0 saturated carbocycles. The minimum Gasteiger partial charge on any atom is -0.497 e. The summed E-state index contributed by atoms with van der Waals surface area (Å²) < 4.78 is 5.20. The Morgan fingerprint density at radius 3 is 2.42 bits per heavy atom. The Morgan fingerprint density at radius 2 is 1.77 bits per heavy atom. The number of piperidine rings is 1. The average Bonchev–Trinajstić information content (AvgIpc) is 2.84. The molecule has 3 aromatic rings. The van der Waals surface area contributed by atoms with E-state index in [0.29, 0.717) is 0 Å². The number of carbonyl (C=O) groups is 1. The Labute approximate surface area is 183 Å². The second kappa shape index (κ2) is 9.60. The van der Waals surface area contributed by atoms with Crippen LogP contribution in [0.3, 0.4) is 0 Å². The molecule has 1 N–H and O–H groups in total. The fraction of sp³-hybridized carbons (Fsp3) is 0.320. The summed E-state index contributed by atoms with van der Waals surface area (Å²) in [6.45, 7) is 3.69. The first-order chi connectivity index (χ1) is 15.2. The van der Waals surface area contributed by atoms with Crippen molar-refractivity contribution in [1.82, 2.24) is 10.2 Å². The van der Waals surface area contributed by atoms with Gasteiger partial charge in [0.1, 0.15) is 5.75 Å². The van der Waals surface area contributed by atoms with Crippen LogP contribution in [0.2, 0.25) is 0 Å². The second-order valence-electron chi connectivity index (χ2n) is 7.77. The maximum absolute atomic E-state index is 12.8. The summed E-state index contributed by atoms with van der Waals surface area (Å²) in [6.07, 6.45) is 2.52. The van der Waals surface area contributed by atoms with Crippen LogP contribution in [0.1, 0.15) is 25.3 Å². The number of benzene rings is 2. The minimum atomic E-state index is 0.0210. The summed E-state index contributed by atoms with van der Waals surface area (Å²) >= 11 is 0. The Bertz CT molecular complexity index is 1010. The van der Waals surface area contributed by atoms with E-state index in [1.165, 1.54) is 5.56 Å². The molecule has 1 amide bonds. The molecule has 1 saturated heterocycles. The molecule has 2 heterocycles. The molecule has 0 unspecified atom stereocenters. The van der Waals surface area contributed by atoms with E-state index in [2.05, 4.69) is 33.4 Å². The Kier molecular flexibility index (Phi) is 6.46. The maximum Gasteiger partial charge on any atom is 0.227 e. The first-order valence-corrected chi connectivity index (χ1v) is 10.8. The van der Waals surface area contributed by atoms with Crippen LogP contribution in [0.25, 0.3) is 11.3 Å². The lowest BCUT2D eigenvalue weighted by atomic mass is 9.95. The van der Waals surface area contributed by atoms with Crippen molar-refractivity contribution in [3.63, 3.8) is 0 Å². The number of rotatable bonds is 6. The van der Waals surface area contributed by atoms with Gasteiger partial charge >= 0.3 is 0 Å². The normalized spacial score (nSPS) is 14.3. The molecule has 2 aromatic carbocycles. The highest BCUT2D eigenvalue weighted by Gasteiger charge is 2.26. The highest BCUT2D eigenvalue weighted by molar-refractivity contribution is 5.93. The third-order valence-electron chi connectivity index (χ3n) is 5.88. The van der Waals surface area contributed by atoms with Crippen molar-refractivity contribution in [2.75, 3.05) is 30.4 Å². The number of amides is 1. The molecule has 6 heteroatoms. The fourth-order valence-corrected chi connectivity index (χ4v) is 3.97. The van der Waals surface area contributed by atoms with Gasteiger partial charge in [0.15, 0.2) is 5.82 Å². The summed E-state index contributed by atoms with van der Waals surface area (Å²) in [4.78, 5) is 15.0. The lowest BCUT2D eigenvalue weighted by Crippen LogP contribution is -2.38. The SMILES string of the molecule is CCc1ccccc1NC(=O)C1CCN(c2ccc(-c3ccc(OC)cc3)nn2)CC1. The van der Waals surface area contributed by atoms with Gasteiger partial charge < -0.3 is 15.0 Å². The first-order valence-electron chi connectivity index (χ1n) is 10.8. The number of anilines is 2. The third kappa shape index (κ3) is 4.85. The topological polar surface area (TPSA) is 67.4 Å². The van der Waals surface area contributed by atoms with Crippen molar-refractivity contribution in [2.45, 2.75) is 26.2 Å². The Morgan fingerprint density at radius 1 is 1.03 bits per heavy atom. The molecule has 6 nitrogen and oxygen atoms in total. The number of methoxy groups -OCH3 is 1. The van der Waals surface area contributed by atoms with E-state index < -0.39 is 0 Å². The van der Waals surface area contributed by atoms with Crippen LogP contribution in [0.15, 0.2) is 60.7 Å². The molecular formula is C25H28N4O2. The van der Waals surface area contributed by atoms with E-state index in [4.69, 9.17) is 4.74 Å². The van der Waals surface area contributed by atoms with Crippen LogP contribution >= 0.6 is 0 Å². The number of ether oxygens (including phenoxy) is 1. The van der Waals surface area contributed by atoms with Crippen molar-refractivity contribution >= 4 is 17.4 Å². The molecule has 0 spiro atoms. The number of hydrogen-bond acceptors (Lipinski definition) is 5. The van der Waals surface area contributed by atoms with E-state index in [1.807, 2.05) is 54.6 Å². The molecule has 4 rings (SSSR count). The predicted octanol–water partition coefficient (Wildman–Crippen LogP) is 4.57. The van der Waals surface area contributed by atoms with E-state index >= 15 is 0 Å². The molecule has 0 bridgehead atoms. The van der Waals surface area contributed by atoms with Gasteiger partial charge in [-0.05, 0) is 67.3 Å². The molecule has 1 aliphatic rings. The molecule has 0 radical (unpaired) electrons. The Balaban J connectivity index is 1.34. The molecule has 160 valence electrons. The summed E-state index contributed by atoms with van der Waals surface area (Å²) in [6, 6.07) is 19.8. The van der Waals surface area contributed by atoms with Gasteiger partial charge in [0.25, 0.3) is 0 Å². The van der Waals surface area contributed by atoms with Crippen molar-refractivity contribution in [1.29, 1.82) is 0 Å². The van der Waals surface area contributed by atoms with Gasteiger partial charge in [-0.3, -0.25) is 4.79 Å². The quantitative estimate of drug-likeness (QED) is 0.638. The number of para-hydroxylation sites is 1. The summed E-state index contributed by atoms with van der Waals surface area (Å²) in [7, 11) is 1.65. The minimum absolute atomic E-state index is 0.0210. The highest BCUT2D eigenvalue weighted by Crippen LogP contribution is 2.26. The molecule has 1 aliphatic heterocycles. The summed E-state index contributed by atoms with van der Waals surface area (Å²) in [5, 5.41) is 11.9. The number of nitrogens with one attached hydrogen (secondary N) is 1. The smallest absolute Gasteiger partial charge is 0.227 e. The summed E-state index contributed by atoms with van der Waals surface area (Å²) in [5.41, 5.74) is 3.93. The van der Waals surface area contributed by atoms with Crippen LogP contribution in [0.4, 0.5) is 11.5 Å². The van der Waals surface area contributed by atoms with E-state index in [0.717, 1.165) is 60.9 Å². The van der Waals surface area contributed by atoms with Gasteiger partial charge in [0.2, 0.25) is 5.91 Å². The number of nitrogens with zero attached hydrogens (tertiary/aromatic N) is 3. The fourth-order valence-electron chi connectivity index (χ4n) is 3.97. The lowest BCUT2D eigenvalue weighted by molar-refractivity contribution is -0.120. The van der Waals surface area contributed by atoms with Crippen molar-refractivity contribution in [2.24, 2.45) is 5.92 Å². The zero-order valence-corrected chi connectivity index (χ0v) is 18.0. The van der Waals surface area contributed by atoms with Crippen molar-refractivity contribution in [3.8, 4) is 17.0 Å². The number of carbonyl (C=O) groups excluding carboxylic acids is 1. The van der Waals surface area contributed by atoms with Gasteiger partial charge in [0.05, 0.1) is 12.8 Å². The van der Waals surface area contributed by atoms with Crippen molar-refractivity contribution in [3.05, 3.63) is 66.2 Å². The van der Waals surface area contributed by atoms with Gasteiger partial charge in [-0.1, -0.05) is 25.1 Å². The van der Waals surface area contributed by atoms with Crippen LogP contribution in [-0.4, -0.2) is 36.3 Å². The number of aryl methyl sites for hydroxylation is 1. The van der Waals surface area contributed by atoms with Crippen LogP contribution in [0.5, 0.6) is 5.75 Å². The number of hydrogen-bond donors (Lipinski definition) is 1. The van der Waals surface area contributed by atoms with E-state index in [-0.39, 0.29) is 11.8 Å². The van der Waals surface area contributed by atoms with E-state index in [9.17, 15) is 4.79 Å². The standard InChI is InChI=1S/C25H28N4O2/c1-3-18-6-4-5-7-22(18)26-25(30)20-14-16-29(17-15-20)24-13-12-23(27-28-24)19-8-10-21(31-2)11-9-19/h4-13,20H,3,14-17H2,1-2H3,(H,26,30). The molecule has 0 atom stereocenters.